The van der Waals surface area contributed by atoms with E-state index >= 15 is 0 Å². The number of hydrogen-bond acceptors (Lipinski definition) is 9. The summed E-state index contributed by atoms with van der Waals surface area (Å²) in [5.41, 5.74) is 3.06. The number of carbonyl (C=O) groups excluding carboxylic acids is 2. The molecule has 2 N–H and O–H groups in total. The summed E-state index contributed by atoms with van der Waals surface area (Å²) in [4.78, 5) is 45.1. The van der Waals surface area contributed by atoms with Crippen molar-refractivity contribution in [3.8, 4) is 5.75 Å². The molecule has 2 amide bonds. The molecule has 2 aromatic rings. The van der Waals surface area contributed by atoms with Gasteiger partial charge in [0, 0.05) is 75.4 Å². The van der Waals surface area contributed by atoms with Crippen LogP contribution in [0.4, 0.5) is 23.1 Å². The minimum atomic E-state index is -0.270. The van der Waals surface area contributed by atoms with Gasteiger partial charge in [-0.2, -0.15) is 4.98 Å². The van der Waals surface area contributed by atoms with Gasteiger partial charge in [-0.1, -0.05) is 6.92 Å². The van der Waals surface area contributed by atoms with Gasteiger partial charge in [0.1, 0.15) is 17.5 Å². The lowest BCUT2D eigenvalue weighted by Gasteiger charge is -2.42. The highest BCUT2D eigenvalue weighted by atomic mass is 16.5. The Balaban J connectivity index is 0.991. The largest absolute Gasteiger partial charge is 0.491 e. The minimum Gasteiger partial charge on any atom is -0.491 e. The van der Waals surface area contributed by atoms with E-state index in [1.165, 1.54) is 45.6 Å². The number of hydrogen-bond donors (Lipinski definition) is 2. The third kappa shape index (κ3) is 6.15. The van der Waals surface area contributed by atoms with Gasteiger partial charge in [-0.05, 0) is 76.8 Å². The maximum Gasteiger partial charge on any atom is 0.251 e. The average molecular weight is 631 g/mol. The molecule has 4 heterocycles. The smallest absolute Gasteiger partial charge is 0.251 e. The number of benzene rings is 1. The van der Waals surface area contributed by atoms with Gasteiger partial charge in [-0.3, -0.25) is 14.5 Å². The maximum absolute atomic E-state index is 13.6. The maximum atomic E-state index is 13.6. The Hall–Kier alpha value is -3.44. The molecule has 1 saturated heterocycles. The van der Waals surface area contributed by atoms with E-state index in [-0.39, 0.29) is 29.9 Å². The fraction of sp³-hybridized carbons (Fsp3) is 0.657. The highest BCUT2D eigenvalue weighted by Gasteiger charge is 2.38. The first-order chi connectivity index (χ1) is 22.3. The number of aromatic nitrogens is 2. The van der Waals surface area contributed by atoms with Crippen molar-refractivity contribution >= 4 is 35.0 Å². The minimum absolute atomic E-state index is 0.0126. The quantitative estimate of drug-likeness (QED) is 0.422. The zero-order chi connectivity index (χ0) is 31.9. The van der Waals surface area contributed by atoms with Crippen molar-refractivity contribution in [2.45, 2.75) is 96.3 Å². The van der Waals surface area contributed by atoms with Crippen LogP contribution in [0, 0.1) is 5.92 Å². The number of nitrogens with one attached hydrogen (secondary N) is 2. The number of rotatable bonds is 9. The molecule has 0 spiro atoms. The van der Waals surface area contributed by atoms with E-state index in [0.717, 1.165) is 48.7 Å². The molecule has 2 aliphatic carbocycles. The van der Waals surface area contributed by atoms with Gasteiger partial charge in [-0.25, -0.2) is 4.98 Å². The Morgan fingerprint density at radius 1 is 1.07 bits per heavy atom. The van der Waals surface area contributed by atoms with Gasteiger partial charge in [-0.15, -0.1) is 0 Å². The summed E-state index contributed by atoms with van der Waals surface area (Å²) in [6.45, 7) is 12.8. The van der Waals surface area contributed by atoms with Crippen molar-refractivity contribution in [1.29, 1.82) is 0 Å². The SMILES string of the molecule is CCC1C(=O)N(C)c2cnc(Nc3ccc(C(=O)N[C@H]4CC[C@H](N5CCN(CC6CC6)CC5)CC4)c4c3OCC4)nc2N1C(C)C. The van der Waals surface area contributed by atoms with E-state index in [2.05, 4.69) is 44.2 Å². The molecule has 46 heavy (non-hydrogen) atoms. The van der Waals surface area contributed by atoms with Gasteiger partial charge >= 0.3 is 0 Å². The second-order valence-electron chi connectivity index (χ2n) is 14.2. The molecule has 5 aliphatic rings. The van der Waals surface area contributed by atoms with Crippen molar-refractivity contribution in [1.82, 2.24) is 25.1 Å². The van der Waals surface area contributed by atoms with Gasteiger partial charge < -0.3 is 30.1 Å². The average Bonchev–Trinajstić information content (AvgIpc) is 3.73. The third-order valence-electron chi connectivity index (χ3n) is 10.8. The zero-order valence-electron chi connectivity index (χ0n) is 27.9. The van der Waals surface area contributed by atoms with Gasteiger partial charge in [0.05, 0.1) is 18.5 Å². The molecule has 3 aliphatic heterocycles. The topological polar surface area (TPSA) is 106 Å². The molecule has 2 saturated carbocycles. The third-order valence-corrected chi connectivity index (χ3v) is 10.8. The van der Waals surface area contributed by atoms with Crippen LogP contribution in [0.5, 0.6) is 5.75 Å². The van der Waals surface area contributed by atoms with Crippen molar-refractivity contribution in [2.75, 3.05) is 61.5 Å². The van der Waals surface area contributed by atoms with Crippen LogP contribution in [0.3, 0.4) is 0 Å². The number of ether oxygens (including phenoxy) is 1. The first kappa shape index (κ1) is 31.2. The summed E-state index contributed by atoms with van der Waals surface area (Å²) in [6.07, 6.45) is 10.3. The fourth-order valence-electron chi connectivity index (χ4n) is 7.99. The van der Waals surface area contributed by atoms with Gasteiger partial charge in [0.25, 0.3) is 5.91 Å². The Bertz CT molecular complexity index is 1450. The lowest BCUT2D eigenvalue weighted by Crippen LogP contribution is -2.54. The Morgan fingerprint density at radius 3 is 2.52 bits per heavy atom. The molecule has 1 unspecified atom stereocenters. The number of piperazine rings is 1. The zero-order valence-corrected chi connectivity index (χ0v) is 27.9. The summed E-state index contributed by atoms with van der Waals surface area (Å²) >= 11 is 0. The van der Waals surface area contributed by atoms with E-state index in [9.17, 15) is 9.59 Å². The molecule has 248 valence electrons. The van der Waals surface area contributed by atoms with Crippen LogP contribution in [-0.2, 0) is 11.2 Å². The van der Waals surface area contributed by atoms with Crippen LogP contribution in [0.15, 0.2) is 18.3 Å². The fourth-order valence-corrected chi connectivity index (χ4v) is 7.99. The summed E-state index contributed by atoms with van der Waals surface area (Å²) in [5, 5.41) is 6.71. The van der Waals surface area contributed by atoms with Crippen LogP contribution < -0.4 is 25.2 Å². The van der Waals surface area contributed by atoms with Crippen molar-refractivity contribution in [3.05, 3.63) is 29.5 Å². The molecule has 3 fully saturated rings. The van der Waals surface area contributed by atoms with Gasteiger partial charge in [0.15, 0.2) is 5.82 Å². The number of likely N-dealkylation sites (N-methyl/N-ethyl adjacent to an activating group) is 1. The van der Waals surface area contributed by atoms with Crippen molar-refractivity contribution in [2.24, 2.45) is 5.92 Å². The standard InChI is InChI=1S/C35H50N8O3/c1-5-29-34(45)40(4)30-20-36-35(39-32(30)43(29)22(2)3)38-28-13-12-27(26-14-19-46-31(26)28)33(44)37-24-8-10-25(11-9-24)42-17-15-41(16-18-42)21-23-6-7-23/h12-13,20,22-25,29H,5-11,14-19,21H2,1-4H3,(H,37,44)(H,36,38,39)/t24-,25-,29?. The normalized spacial score (nSPS) is 25.3. The molecule has 7 rings (SSSR count). The highest BCUT2D eigenvalue weighted by molar-refractivity contribution is 6.04. The Kier molecular flexibility index (Phi) is 8.80. The van der Waals surface area contributed by atoms with Crippen molar-refractivity contribution < 1.29 is 14.3 Å². The predicted octanol–water partition coefficient (Wildman–Crippen LogP) is 4.19. The lowest BCUT2D eigenvalue weighted by atomic mass is 9.89. The second kappa shape index (κ2) is 13.0. The van der Waals surface area contributed by atoms with Crippen LogP contribution in [0.25, 0.3) is 0 Å². The monoisotopic (exact) mass is 630 g/mol. The molecule has 1 aromatic carbocycles. The first-order valence-corrected chi connectivity index (χ1v) is 17.6. The van der Waals surface area contributed by atoms with E-state index in [4.69, 9.17) is 9.72 Å². The number of fused-ring (bicyclic) bond motifs is 2. The molecule has 0 radical (unpaired) electrons. The summed E-state index contributed by atoms with van der Waals surface area (Å²) in [6, 6.07) is 4.47. The second-order valence-corrected chi connectivity index (χ2v) is 14.2. The molecule has 11 nitrogen and oxygen atoms in total. The molecular formula is C35H50N8O3. The number of nitrogens with zero attached hydrogens (tertiary/aromatic N) is 6. The van der Waals surface area contributed by atoms with Gasteiger partial charge in [0.2, 0.25) is 11.9 Å². The molecular weight excluding hydrogens is 580 g/mol. The van der Waals surface area contributed by atoms with E-state index in [1.54, 1.807) is 18.1 Å². The lowest BCUT2D eigenvalue weighted by molar-refractivity contribution is -0.120. The van der Waals surface area contributed by atoms with Crippen LogP contribution in [0.1, 0.15) is 81.6 Å². The van der Waals surface area contributed by atoms with Crippen molar-refractivity contribution in [3.63, 3.8) is 0 Å². The van der Waals surface area contributed by atoms with Crippen LogP contribution in [0.2, 0.25) is 0 Å². The summed E-state index contributed by atoms with van der Waals surface area (Å²) < 4.78 is 6.06. The molecule has 0 bridgehead atoms. The number of carbonyl (C=O) groups is 2. The summed E-state index contributed by atoms with van der Waals surface area (Å²) in [7, 11) is 1.78. The van der Waals surface area contributed by atoms with E-state index in [0.29, 0.717) is 48.4 Å². The molecule has 1 aromatic heterocycles. The van der Waals surface area contributed by atoms with E-state index < -0.39 is 0 Å². The van der Waals surface area contributed by atoms with E-state index in [1.807, 2.05) is 19.1 Å². The Labute approximate surface area is 273 Å². The summed E-state index contributed by atoms with van der Waals surface area (Å²) in [5.74, 6) is 2.87. The molecule has 11 heteroatoms. The Morgan fingerprint density at radius 2 is 1.83 bits per heavy atom. The number of amides is 2. The van der Waals surface area contributed by atoms with Crippen LogP contribution >= 0.6 is 0 Å². The molecule has 1 atom stereocenters. The van der Waals surface area contributed by atoms with Crippen LogP contribution in [-0.4, -0.2) is 102 Å². The number of anilines is 4. The predicted molar refractivity (Wildman–Crippen MR) is 180 cm³/mol. The highest BCUT2D eigenvalue weighted by Crippen LogP contribution is 2.40. The first-order valence-electron chi connectivity index (χ1n) is 17.6.